The Kier molecular flexibility index (Phi) is 3.25. The number of para-hydroxylation sites is 1. The van der Waals surface area contributed by atoms with Crippen LogP contribution >= 0.6 is 0 Å². The number of nitrogens with zero attached hydrogens (tertiary/aromatic N) is 1. The molecule has 0 unspecified atom stereocenters. The van der Waals surface area contributed by atoms with Crippen molar-refractivity contribution in [2.45, 2.75) is 6.54 Å². The molecule has 94 valence electrons. The van der Waals surface area contributed by atoms with Crippen LogP contribution in [0.4, 0.5) is 0 Å². The van der Waals surface area contributed by atoms with Crippen molar-refractivity contribution in [3.05, 3.63) is 66.4 Å². The molecule has 0 atom stereocenters. The summed E-state index contributed by atoms with van der Waals surface area (Å²) in [5, 5.41) is 4.36. The Morgan fingerprint density at radius 2 is 1.84 bits per heavy atom. The molecule has 0 aliphatic rings. The van der Waals surface area contributed by atoms with Crippen LogP contribution in [0.5, 0.6) is 0 Å². The lowest BCUT2D eigenvalue weighted by Gasteiger charge is -2.06. The van der Waals surface area contributed by atoms with Crippen LogP contribution in [0.25, 0.3) is 22.0 Å². The highest BCUT2D eigenvalue weighted by molar-refractivity contribution is 5.83. The van der Waals surface area contributed by atoms with E-state index in [1.807, 2.05) is 31.4 Å². The van der Waals surface area contributed by atoms with Crippen LogP contribution in [0.2, 0.25) is 0 Å². The summed E-state index contributed by atoms with van der Waals surface area (Å²) in [6, 6.07) is 19.0. The molecular weight excluding hydrogens is 232 g/mol. The fourth-order valence-electron chi connectivity index (χ4n) is 2.29. The van der Waals surface area contributed by atoms with Gasteiger partial charge in [0.1, 0.15) is 0 Å². The van der Waals surface area contributed by atoms with Gasteiger partial charge < -0.3 is 5.32 Å². The smallest absolute Gasteiger partial charge is 0.0702 e. The maximum Gasteiger partial charge on any atom is 0.0702 e. The minimum absolute atomic E-state index is 0.884. The molecule has 0 spiro atoms. The van der Waals surface area contributed by atoms with Crippen molar-refractivity contribution in [3.8, 4) is 11.1 Å². The topological polar surface area (TPSA) is 24.9 Å². The van der Waals surface area contributed by atoms with Gasteiger partial charge in [0, 0.05) is 23.7 Å². The zero-order valence-electron chi connectivity index (χ0n) is 10.9. The van der Waals surface area contributed by atoms with Gasteiger partial charge in [0.15, 0.2) is 0 Å². The normalized spacial score (nSPS) is 10.8. The lowest BCUT2D eigenvalue weighted by molar-refractivity contribution is 0.818. The molecule has 2 nitrogen and oxygen atoms in total. The molecule has 0 aliphatic carbocycles. The number of aromatic nitrogens is 1. The molecule has 3 aromatic rings. The fraction of sp³-hybridized carbons (Fsp3) is 0.118. The first kappa shape index (κ1) is 11.9. The van der Waals surface area contributed by atoms with Crippen molar-refractivity contribution < 1.29 is 0 Å². The second-order valence-corrected chi connectivity index (χ2v) is 4.65. The van der Waals surface area contributed by atoms with Crippen LogP contribution in [-0.2, 0) is 6.54 Å². The maximum atomic E-state index is 4.52. The van der Waals surface area contributed by atoms with Gasteiger partial charge in [-0.1, -0.05) is 36.4 Å². The van der Waals surface area contributed by atoms with E-state index >= 15 is 0 Å². The molecule has 1 aromatic heterocycles. The molecule has 0 fully saturated rings. The van der Waals surface area contributed by atoms with Crippen LogP contribution in [0.3, 0.4) is 0 Å². The molecule has 0 bridgehead atoms. The van der Waals surface area contributed by atoms with Gasteiger partial charge in [-0.05, 0) is 36.4 Å². The number of fused-ring (bicyclic) bond motifs is 1. The Labute approximate surface area is 113 Å². The molecule has 0 radical (unpaired) electrons. The van der Waals surface area contributed by atoms with Gasteiger partial charge in [0.05, 0.1) is 5.52 Å². The van der Waals surface area contributed by atoms with E-state index in [1.165, 1.54) is 16.5 Å². The highest BCUT2D eigenvalue weighted by atomic mass is 14.8. The number of hydrogen-bond donors (Lipinski definition) is 1. The molecular formula is C17H16N2. The van der Waals surface area contributed by atoms with E-state index in [9.17, 15) is 0 Å². The largest absolute Gasteiger partial charge is 0.316 e. The van der Waals surface area contributed by atoms with E-state index in [0.29, 0.717) is 0 Å². The first-order valence-corrected chi connectivity index (χ1v) is 6.45. The zero-order chi connectivity index (χ0) is 13.1. The van der Waals surface area contributed by atoms with Crippen molar-refractivity contribution in [1.82, 2.24) is 10.3 Å². The molecule has 1 N–H and O–H groups in total. The number of hydrogen-bond acceptors (Lipinski definition) is 2. The van der Waals surface area contributed by atoms with Crippen LogP contribution in [0.15, 0.2) is 60.8 Å². The Balaban J connectivity index is 2.05. The Morgan fingerprint density at radius 3 is 2.74 bits per heavy atom. The summed E-state index contributed by atoms with van der Waals surface area (Å²) < 4.78 is 0. The molecule has 0 saturated heterocycles. The predicted molar refractivity (Wildman–Crippen MR) is 79.9 cm³/mol. The van der Waals surface area contributed by atoms with Crippen molar-refractivity contribution >= 4 is 10.9 Å². The molecule has 1 heterocycles. The van der Waals surface area contributed by atoms with E-state index in [0.717, 1.165) is 17.6 Å². The van der Waals surface area contributed by atoms with Gasteiger partial charge in [-0.2, -0.15) is 0 Å². The Morgan fingerprint density at radius 1 is 0.947 bits per heavy atom. The summed E-state index contributed by atoms with van der Waals surface area (Å²) in [7, 11) is 1.96. The molecule has 0 aliphatic heterocycles. The van der Waals surface area contributed by atoms with Crippen LogP contribution in [0, 0.1) is 0 Å². The van der Waals surface area contributed by atoms with Crippen LogP contribution < -0.4 is 5.32 Å². The lowest BCUT2D eigenvalue weighted by Crippen LogP contribution is -2.04. The molecule has 19 heavy (non-hydrogen) atoms. The minimum Gasteiger partial charge on any atom is -0.316 e. The van der Waals surface area contributed by atoms with Crippen LogP contribution in [0.1, 0.15) is 5.56 Å². The maximum absolute atomic E-state index is 4.52. The Hall–Kier alpha value is -2.19. The number of benzene rings is 2. The van der Waals surface area contributed by atoms with Gasteiger partial charge in [0.25, 0.3) is 0 Å². The van der Waals surface area contributed by atoms with E-state index in [-0.39, 0.29) is 0 Å². The third kappa shape index (κ3) is 2.49. The van der Waals surface area contributed by atoms with Gasteiger partial charge in [-0.3, -0.25) is 4.98 Å². The van der Waals surface area contributed by atoms with Crippen LogP contribution in [-0.4, -0.2) is 12.0 Å². The number of nitrogens with one attached hydrogen (secondary N) is 1. The summed E-state index contributed by atoms with van der Waals surface area (Å²) in [5.74, 6) is 0. The summed E-state index contributed by atoms with van der Waals surface area (Å²) in [4.78, 5) is 4.52. The van der Waals surface area contributed by atoms with Gasteiger partial charge in [0.2, 0.25) is 0 Å². The van der Waals surface area contributed by atoms with E-state index < -0.39 is 0 Å². The quantitative estimate of drug-likeness (QED) is 0.765. The van der Waals surface area contributed by atoms with Crippen molar-refractivity contribution in [2.24, 2.45) is 0 Å². The molecule has 3 rings (SSSR count). The fourth-order valence-corrected chi connectivity index (χ4v) is 2.29. The van der Waals surface area contributed by atoms with Crippen molar-refractivity contribution in [1.29, 1.82) is 0 Å². The zero-order valence-corrected chi connectivity index (χ0v) is 10.9. The number of rotatable bonds is 3. The first-order chi connectivity index (χ1) is 9.36. The monoisotopic (exact) mass is 248 g/mol. The molecule has 0 saturated carbocycles. The standard InChI is InChI=1S/C17H16N2/c1-18-11-13-5-4-7-14(9-13)16-10-15-6-2-3-8-17(15)19-12-16/h2-10,12,18H,11H2,1H3. The summed E-state index contributed by atoms with van der Waals surface area (Å²) in [5.41, 5.74) is 4.70. The summed E-state index contributed by atoms with van der Waals surface area (Å²) in [6.07, 6.45) is 1.95. The van der Waals surface area contributed by atoms with E-state index in [4.69, 9.17) is 0 Å². The average Bonchev–Trinajstić information content (AvgIpc) is 2.47. The Bertz CT molecular complexity index is 704. The minimum atomic E-state index is 0.884. The highest BCUT2D eigenvalue weighted by Gasteiger charge is 2.01. The second kappa shape index (κ2) is 5.21. The third-order valence-electron chi connectivity index (χ3n) is 3.23. The van der Waals surface area contributed by atoms with Gasteiger partial charge in [-0.15, -0.1) is 0 Å². The first-order valence-electron chi connectivity index (χ1n) is 6.45. The third-order valence-corrected chi connectivity index (χ3v) is 3.23. The SMILES string of the molecule is CNCc1cccc(-c2cnc3ccccc3c2)c1. The molecule has 0 amide bonds. The van der Waals surface area contributed by atoms with Crippen molar-refractivity contribution in [3.63, 3.8) is 0 Å². The number of pyridine rings is 1. The van der Waals surface area contributed by atoms with E-state index in [2.05, 4.69) is 46.7 Å². The molecule has 2 heteroatoms. The second-order valence-electron chi connectivity index (χ2n) is 4.65. The predicted octanol–water partition coefficient (Wildman–Crippen LogP) is 3.62. The average molecular weight is 248 g/mol. The van der Waals surface area contributed by atoms with Gasteiger partial charge in [-0.25, -0.2) is 0 Å². The summed E-state index contributed by atoms with van der Waals surface area (Å²) >= 11 is 0. The molecule has 2 aromatic carbocycles. The summed E-state index contributed by atoms with van der Waals surface area (Å²) in [6.45, 7) is 0.884. The van der Waals surface area contributed by atoms with Crippen molar-refractivity contribution in [2.75, 3.05) is 7.05 Å². The van der Waals surface area contributed by atoms with E-state index in [1.54, 1.807) is 0 Å². The van der Waals surface area contributed by atoms with Gasteiger partial charge >= 0.3 is 0 Å². The lowest BCUT2D eigenvalue weighted by atomic mass is 10.0. The highest BCUT2D eigenvalue weighted by Crippen LogP contribution is 2.23.